The molecule has 0 unspecified atom stereocenters. The molecule has 0 atom stereocenters. The van der Waals surface area contributed by atoms with E-state index in [1.54, 1.807) is 0 Å². The van der Waals surface area contributed by atoms with Crippen LogP contribution in [0, 0.1) is 0 Å². The number of aliphatic carboxylic acids is 1. The molecule has 1 fully saturated rings. The summed E-state index contributed by atoms with van der Waals surface area (Å²) in [4.78, 5) is 10.6. The second-order valence-electron chi connectivity index (χ2n) is 5.12. The van der Waals surface area contributed by atoms with Crippen molar-refractivity contribution in [2.45, 2.75) is 44.9 Å². The summed E-state index contributed by atoms with van der Waals surface area (Å²) in [6.45, 7) is 1.84. The third-order valence-corrected chi connectivity index (χ3v) is 3.78. The summed E-state index contributed by atoms with van der Waals surface area (Å²) in [6.07, 6.45) is 7.89. The summed E-state index contributed by atoms with van der Waals surface area (Å²) in [6, 6.07) is 8.40. The van der Waals surface area contributed by atoms with Gasteiger partial charge in [0.05, 0.1) is 0 Å². The predicted octanol–water partition coefficient (Wildman–Crippen LogP) is 4.22. The van der Waals surface area contributed by atoms with Gasteiger partial charge in [0.2, 0.25) is 0 Å². The summed E-state index contributed by atoms with van der Waals surface area (Å²) in [5, 5.41) is 8.73. The van der Waals surface area contributed by atoms with Gasteiger partial charge in [0.1, 0.15) is 0 Å². The molecule has 0 heterocycles. The van der Waals surface area contributed by atoms with Crippen molar-refractivity contribution in [3.8, 4) is 0 Å². The molecule has 0 aromatic heterocycles. The Labute approximate surface area is 108 Å². The van der Waals surface area contributed by atoms with Crippen LogP contribution in [0.1, 0.15) is 56.1 Å². The van der Waals surface area contributed by atoms with E-state index in [1.165, 1.54) is 43.7 Å². The van der Waals surface area contributed by atoms with Crippen molar-refractivity contribution in [2.24, 2.45) is 0 Å². The van der Waals surface area contributed by atoms with Gasteiger partial charge in [-0.2, -0.15) is 0 Å². The van der Waals surface area contributed by atoms with Gasteiger partial charge < -0.3 is 5.11 Å². The first-order chi connectivity index (χ1) is 8.66. The fourth-order valence-corrected chi connectivity index (χ4v) is 2.72. The number of allylic oxidation sites excluding steroid dienone is 1. The zero-order chi connectivity index (χ0) is 13.0. The molecule has 0 saturated heterocycles. The normalized spacial score (nSPS) is 17.7. The van der Waals surface area contributed by atoms with Gasteiger partial charge in [-0.15, -0.1) is 0 Å². The van der Waals surface area contributed by atoms with Crippen LogP contribution in [-0.2, 0) is 4.79 Å². The Balaban J connectivity index is 2.12. The number of benzene rings is 1. The van der Waals surface area contributed by atoms with Gasteiger partial charge in [-0.1, -0.05) is 43.5 Å². The monoisotopic (exact) mass is 244 g/mol. The van der Waals surface area contributed by atoms with Crippen molar-refractivity contribution < 1.29 is 9.90 Å². The molecule has 18 heavy (non-hydrogen) atoms. The van der Waals surface area contributed by atoms with E-state index in [1.807, 2.05) is 19.1 Å². The molecule has 0 radical (unpaired) electrons. The van der Waals surface area contributed by atoms with Crippen LogP contribution in [0.25, 0.3) is 5.57 Å². The minimum atomic E-state index is -0.885. The molecule has 1 N–H and O–H groups in total. The number of carbonyl (C=O) groups is 1. The third kappa shape index (κ3) is 3.22. The molecule has 0 spiro atoms. The van der Waals surface area contributed by atoms with Crippen molar-refractivity contribution in [3.05, 3.63) is 41.5 Å². The number of hydrogen-bond donors (Lipinski definition) is 1. The molecule has 2 rings (SSSR count). The van der Waals surface area contributed by atoms with Crippen LogP contribution in [0.4, 0.5) is 0 Å². The summed E-state index contributed by atoms with van der Waals surface area (Å²) in [5.41, 5.74) is 3.20. The molecule has 2 nitrogen and oxygen atoms in total. The maximum atomic E-state index is 10.6. The highest BCUT2D eigenvalue weighted by Crippen LogP contribution is 2.32. The smallest absolute Gasteiger partial charge is 0.328 e. The van der Waals surface area contributed by atoms with E-state index >= 15 is 0 Å². The van der Waals surface area contributed by atoms with E-state index in [0.29, 0.717) is 5.92 Å². The fourth-order valence-electron chi connectivity index (χ4n) is 2.72. The first kappa shape index (κ1) is 12.9. The first-order valence-electron chi connectivity index (χ1n) is 6.68. The fraction of sp³-hybridized carbons (Fsp3) is 0.438. The van der Waals surface area contributed by atoms with E-state index < -0.39 is 5.97 Å². The van der Waals surface area contributed by atoms with Crippen LogP contribution in [-0.4, -0.2) is 11.1 Å². The van der Waals surface area contributed by atoms with Crippen LogP contribution in [0.3, 0.4) is 0 Å². The van der Waals surface area contributed by atoms with E-state index in [9.17, 15) is 4.79 Å². The maximum absolute atomic E-state index is 10.6. The molecule has 2 heteroatoms. The Hall–Kier alpha value is -1.57. The number of rotatable bonds is 3. The number of carboxylic acid groups (broad SMARTS) is 1. The molecular formula is C16H20O2. The zero-order valence-electron chi connectivity index (χ0n) is 10.9. The van der Waals surface area contributed by atoms with E-state index in [4.69, 9.17) is 5.11 Å². The topological polar surface area (TPSA) is 37.3 Å². The van der Waals surface area contributed by atoms with Gasteiger partial charge >= 0.3 is 5.97 Å². The Kier molecular flexibility index (Phi) is 4.19. The Morgan fingerprint density at radius 3 is 2.33 bits per heavy atom. The minimum absolute atomic E-state index is 0.705. The molecule has 0 bridgehead atoms. The highest BCUT2D eigenvalue weighted by Gasteiger charge is 2.15. The van der Waals surface area contributed by atoms with E-state index in [0.717, 1.165) is 11.1 Å². The van der Waals surface area contributed by atoms with Crippen molar-refractivity contribution in [1.82, 2.24) is 0 Å². The lowest BCUT2D eigenvalue weighted by Crippen LogP contribution is -2.04. The quantitative estimate of drug-likeness (QED) is 0.808. The summed E-state index contributed by atoms with van der Waals surface area (Å²) in [7, 11) is 0. The van der Waals surface area contributed by atoms with Gasteiger partial charge in [-0.3, -0.25) is 0 Å². The summed E-state index contributed by atoms with van der Waals surface area (Å²) in [5.74, 6) is -0.180. The van der Waals surface area contributed by atoms with Gasteiger partial charge in [-0.05, 0) is 42.4 Å². The van der Waals surface area contributed by atoms with Crippen molar-refractivity contribution in [1.29, 1.82) is 0 Å². The van der Waals surface area contributed by atoms with Crippen molar-refractivity contribution >= 4 is 11.5 Å². The second kappa shape index (κ2) is 5.85. The molecule has 1 saturated carbocycles. The van der Waals surface area contributed by atoms with E-state index in [-0.39, 0.29) is 0 Å². The average Bonchev–Trinajstić information content (AvgIpc) is 2.39. The van der Waals surface area contributed by atoms with Crippen molar-refractivity contribution in [2.75, 3.05) is 0 Å². The summed E-state index contributed by atoms with van der Waals surface area (Å²) < 4.78 is 0. The highest BCUT2D eigenvalue weighted by atomic mass is 16.4. The standard InChI is InChI=1S/C16H20O2/c1-12(11-16(17)18)13-7-9-15(10-8-13)14-5-3-2-4-6-14/h7-11,14H,2-6H2,1H3,(H,17,18)/b12-11+. The van der Waals surface area contributed by atoms with Crippen molar-refractivity contribution in [3.63, 3.8) is 0 Å². The van der Waals surface area contributed by atoms with Crippen LogP contribution in [0.15, 0.2) is 30.3 Å². The molecule has 1 aliphatic carbocycles. The van der Waals surface area contributed by atoms with E-state index in [2.05, 4.69) is 12.1 Å². The molecular weight excluding hydrogens is 224 g/mol. The largest absolute Gasteiger partial charge is 0.478 e. The molecule has 1 aromatic carbocycles. The van der Waals surface area contributed by atoms with Gasteiger partial charge in [0.15, 0.2) is 0 Å². The first-order valence-corrected chi connectivity index (χ1v) is 6.68. The maximum Gasteiger partial charge on any atom is 0.328 e. The van der Waals surface area contributed by atoms with Crippen LogP contribution >= 0.6 is 0 Å². The molecule has 1 aliphatic rings. The average molecular weight is 244 g/mol. The van der Waals surface area contributed by atoms with Gasteiger partial charge in [0.25, 0.3) is 0 Å². The Bertz CT molecular complexity index is 437. The predicted molar refractivity (Wildman–Crippen MR) is 73.6 cm³/mol. The highest BCUT2D eigenvalue weighted by molar-refractivity contribution is 5.89. The Morgan fingerprint density at radius 1 is 1.17 bits per heavy atom. The van der Waals surface area contributed by atoms with Gasteiger partial charge in [0, 0.05) is 6.08 Å². The number of hydrogen-bond acceptors (Lipinski definition) is 1. The van der Waals surface area contributed by atoms with Gasteiger partial charge in [-0.25, -0.2) is 4.79 Å². The zero-order valence-corrected chi connectivity index (χ0v) is 10.9. The molecule has 0 amide bonds. The third-order valence-electron chi connectivity index (χ3n) is 3.78. The molecule has 96 valence electrons. The molecule has 1 aromatic rings. The molecule has 0 aliphatic heterocycles. The second-order valence-corrected chi connectivity index (χ2v) is 5.12. The lowest BCUT2D eigenvalue weighted by Gasteiger charge is -2.22. The van der Waals surface area contributed by atoms with Crippen LogP contribution in [0.2, 0.25) is 0 Å². The Morgan fingerprint density at radius 2 is 1.78 bits per heavy atom. The SMILES string of the molecule is C/C(=C\C(=O)O)c1ccc(C2CCCCC2)cc1. The summed E-state index contributed by atoms with van der Waals surface area (Å²) >= 11 is 0. The van der Waals surface area contributed by atoms with Crippen LogP contribution in [0.5, 0.6) is 0 Å². The number of carboxylic acids is 1. The lowest BCUT2D eigenvalue weighted by atomic mass is 9.84. The lowest BCUT2D eigenvalue weighted by molar-refractivity contribution is -0.131. The minimum Gasteiger partial charge on any atom is -0.478 e. The van der Waals surface area contributed by atoms with Crippen LogP contribution < -0.4 is 0 Å².